The lowest BCUT2D eigenvalue weighted by atomic mass is 10.2. The summed E-state index contributed by atoms with van der Waals surface area (Å²) in [6.07, 6.45) is 6.36. The van der Waals surface area contributed by atoms with Crippen LogP contribution < -0.4 is 21.1 Å². The topological polar surface area (TPSA) is 39.3 Å². The average Bonchev–Trinajstić information content (AvgIpc) is 2.46. The molecule has 106 valence electrons. The van der Waals surface area contributed by atoms with E-state index < -0.39 is 0 Å². The molecular weight excluding hydrogens is 248 g/mol. The molecule has 0 unspecified atom stereocenters. The molecular formula is C16H22N4. The lowest BCUT2D eigenvalue weighted by molar-refractivity contribution is 0.912. The minimum Gasteiger partial charge on any atom is -0.387 e. The Hall–Kier alpha value is -2.36. The van der Waals surface area contributed by atoms with E-state index in [1.807, 2.05) is 25.1 Å². The quantitative estimate of drug-likeness (QED) is 0.695. The molecule has 1 aromatic rings. The first-order chi connectivity index (χ1) is 9.66. The summed E-state index contributed by atoms with van der Waals surface area (Å²) < 4.78 is 0. The number of hydrogen-bond donors (Lipinski definition) is 3. The fraction of sp³-hybridized carbons (Fsp3) is 0.250. The third kappa shape index (κ3) is 3.82. The first kappa shape index (κ1) is 14.1. The van der Waals surface area contributed by atoms with Crippen LogP contribution in [0.5, 0.6) is 0 Å². The van der Waals surface area contributed by atoms with Crippen molar-refractivity contribution in [2.24, 2.45) is 0 Å². The number of benzene rings is 1. The highest BCUT2D eigenvalue weighted by atomic mass is 15.4. The zero-order valence-corrected chi connectivity index (χ0v) is 12.1. The molecule has 0 amide bonds. The van der Waals surface area contributed by atoms with Crippen LogP contribution in [-0.4, -0.2) is 20.1 Å². The first-order valence-corrected chi connectivity index (χ1v) is 6.73. The molecule has 0 fully saturated rings. The molecule has 0 atom stereocenters. The van der Waals surface area contributed by atoms with E-state index in [2.05, 4.69) is 59.1 Å². The molecule has 2 rings (SSSR count). The third-order valence-electron chi connectivity index (χ3n) is 3.00. The van der Waals surface area contributed by atoms with E-state index in [4.69, 9.17) is 0 Å². The van der Waals surface area contributed by atoms with E-state index in [0.717, 1.165) is 30.2 Å². The van der Waals surface area contributed by atoms with Gasteiger partial charge in [-0.25, -0.2) is 0 Å². The maximum atomic E-state index is 3.82. The Labute approximate surface area is 120 Å². The number of rotatable bonds is 6. The van der Waals surface area contributed by atoms with Crippen LogP contribution in [0.25, 0.3) is 0 Å². The largest absolute Gasteiger partial charge is 0.387 e. The molecule has 0 saturated carbocycles. The van der Waals surface area contributed by atoms with Crippen LogP contribution in [0, 0.1) is 0 Å². The number of hydrazine groups is 1. The summed E-state index contributed by atoms with van der Waals surface area (Å²) in [5, 5.41) is 3.23. The Balaban J connectivity index is 2.08. The van der Waals surface area contributed by atoms with Gasteiger partial charge in [0.05, 0.1) is 11.4 Å². The molecule has 4 heteroatoms. The van der Waals surface area contributed by atoms with Crippen molar-refractivity contribution in [1.29, 1.82) is 0 Å². The second-order valence-corrected chi connectivity index (χ2v) is 4.93. The Kier molecular flexibility index (Phi) is 4.71. The van der Waals surface area contributed by atoms with Crippen LogP contribution in [0.1, 0.15) is 6.92 Å². The Morgan fingerprint density at radius 3 is 2.90 bits per heavy atom. The zero-order valence-electron chi connectivity index (χ0n) is 12.1. The second-order valence-electron chi connectivity index (χ2n) is 4.93. The molecule has 3 N–H and O–H groups in total. The number of nitrogens with zero attached hydrogens (tertiary/aromatic N) is 1. The minimum absolute atomic E-state index is 0.856. The molecule has 1 heterocycles. The van der Waals surface area contributed by atoms with Gasteiger partial charge in [0.25, 0.3) is 0 Å². The molecule has 1 aliphatic heterocycles. The van der Waals surface area contributed by atoms with Crippen LogP contribution >= 0.6 is 0 Å². The smallest absolute Gasteiger partial charge is 0.0773 e. The number of likely N-dealkylation sites (N-methyl/N-ethyl adjacent to an activating group) is 1. The number of hydrogen-bond acceptors (Lipinski definition) is 4. The predicted molar refractivity (Wildman–Crippen MR) is 86.5 cm³/mol. The van der Waals surface area contributed by atoms with Crippen molar-refractivity contribution in [1.82, 2.24) is 10.7 Å². The highest BCUT2D eigenvalue weighted by Crippen LogP contribution is 2.24. The summed E-state index contributed by atoms with van der Waals surface area (Å²) in [7, 11) is 2.09. The third-order valence-corrected chi connectivity index (χ3v) is 3.00. The van der Waals surface area contributed by atoms with E-state index in [9.17, 15) is 0 Å². The van der Waals surface area contributed by atoms with Crippen LogP contribution in [0.15, 0.2) is 60.5 Å². The second kappa shape index (κ2) is 6.70. The molecule has 1 aliphatic rings. The lowest BCUT2D eigenvalue weighted by Crippen LogP contribution is -2.25. The van der Waals surface area contributed by atoms with Gasteiger partial charge in [-0.2, -0.15) is 0 Å². The van der Waals surface area contributed by atoms with Crippen LogP contribution in [0.2, 0.25) is 0 Å². The van der Waals surface area contributed by atoms with E-state index in [0.29, 0.717) is 0 Å². The molecule has 20 heavy (non-hydrogen) atoms. The van der Waals surface area contributed by atoms with Crippen LogP contribution in [0.4, 0.5) is 11.4 Å². The summed E-state index contributed by atoms with van der Waals surface area (Å²) in [4.78, 5) is 2.21. The highest BCUT2D eigenvalue weighted by Gasteiger charge is 2.08. The monoisotopic (exact) mass is 270 g/mol. The molecule has 0 aromatic heterocycles. The van der Waals surface area contributed by atoms with Crippen molar-refractivity contribution in [2.75, 3.05) is 30.5 Å². The van der Waals surface area contributed by atoms with E-state index >= 15 is 0 Å². The maximum absolute atomic E-state index is 3.82. The van der Waals surface area contributed by atoms with E-state index in [1.165, 1.54) is 5.57 Å². The lowest BCUT2D eigenvalue weighted by Gasteiger charge is -2.24. The fourth-order valence-corrected chi connectivity index (χ4v) is 2.06. The molecule has 0 saturated heterocycles. The average molecular weight is 270 g/mol. The predicted octanol–water partition coefficient (Wildman–Crippen LogP) is 2.62. The summed E-state index contributed by atoms with van der Waals surface area (Å²) in [6.45, 7) is 7.51. The van der Waals surface area contributed by atoms with Gasteiger partial charge in [0.1, 0.15) is 0 Å². The number of allylic oxidation sites excluding steroid dienone is 1. The molecule has 0 radical (unpaired) electrons. The van der Waals surface area contributed by atoms with Gasteiger partial charge >= 0.3 is 0 Å². The normalized spacial score (nSPS) is 13.2. The molecule has 4 nitrogen and oxygen atoms in total. The van der Waals surface area contributed by atoms with Gasteiger partial charge in [-0.1, -0.05) is 30.9 Å². The van der Waals surface area contributed by atoms with Crippen LogP contribution in [0.3, 0.4) is 0 Å². The Morgan fingerprint density at radius 1 is 1.40 bits per heavy atom. The number of nitrogens with one attached hydrogen (secondary N) is 3. The van der Waals surface area contributed by atoms with Gasteiger partial charge in [-0.05, 0) is 24.6 Å². The van der Waals surface area contributed by atoms with Gasteiger partial charge < -0.3 is 15.6 Å². The van der Waals surface area contributed by atoms with Crippen LogP contribution in [-0.2, 0) is 0 Å². The molecule has 0 aliphatic carbocycles. The van der Waals surface area contributed by atoms with Gasteiger partial charge in [0.2, 0.25) is 0 Å². The molecule has 0 spiro atoms. The number of dihydropyridines is 1. The summed E-state index contributed by atoms with van der Waals surface area (Å²) >= 11 is 0. The Morgan fingerprint density at radius 2 is 2.20 bits per heavy atom. The Bertz CT molecular complexity index is 531. The van der Waals surface area contributed by atoms with Gasteiger partial charge in [0, 0.05) is 32.0 Å². The van der Waals surface area contributed by atoms with Crippen molar-refractivity contribution in [3.8, 4) is 0 Å². The highest BCUT2D eigenvalue weighted by molar-refractivity contribution is 5.70. The van der Waals surface area contributed by atoms with Gasteiger partial charge in [-0.15, -0.1) is 0 Å². The summed E-state index contributed by atoms with van der Waals surface area (Å²) in [5.74, 6) is 0. The number of para-hydroxylation sites is 2. The van der Waals surface area contributed by atoms with Gasteiger partial charge in [-0.3, -0.25) is 5.43 Å². The molecule has 0 bridgehead atoms. The summed E-state index contributed by atoms with van der Waals surface area (Å²) in [5.41, 5.74) is 10.6. The zero-order chi connectivity index (χ0) is 14.4. The van der Waals surface area contributed by atoms with Crippen molar-refractivity contribution >= 4 is 11.4 Å². The van der Waals surface area contributed by atoms with Gasteiger partial charge in [0.15, 0.2) is 0 Å². The molecule has 1 aromatic carbocycles. The minimum atomic E-state index is 0.856. The van der Waals surface area contributed by atoms with Crippen molar-refractivity contribution in [2.45, 2.75) is 6.92 Å². The van der Waals surface area contributed by atoms with E-state index in [1.54, 1.807) is 0 Å². The number of anilines is 2. The van der Waals surface area contributed by atoms with Crippen molar-refractivity contribution in [3.05, 3.63) is 60.5 Å². The van der Waals surface area contributed by atoms with Crippen molar-refractivity contribution < 1.29 is 0 Å². The van der Waals surface area contributed by atoms with E-state index in [-0.39, 0.29) is 0 Å². The standard InChI is InChI=1S/C16H22N4/c1-13(2)18-19-15-8-4-5-9-16(15)20(3)12-14-7-6-10-17-11-14/h4-9,11,17-19H,1,10,12H2,2-3H3. The van der Waals surface area contributed by atoms with Crippen molar-refractivity contribution in [3.63, 3.8) is 0 Å². The fourth-order valence-electron chi connectivity index (χ4n) is 2.06. The summed E-state index contributed by atoms with van der Waals surface area (Å²) in [6, 6.07) is 8.20. The first-order valence-electron chi connectivity index (χ1n) is 6.73. The SMILES string of the molecule is C=C(C)NNc1ccccc1N(C)CC1=CNCC=C1. The maximum Gasteiger partial charge on any atom is 0.0773 e.